The third-order valence-electron chi connectivity index (χ3n) is 3.93. The molecule has 2 aromatic heterocycles. The van der Waals surface area contributed by atoms with E-state index in [4.69, 9.17) is 9.40 Å². The van der Waals surface area contributed by atoms with Crippen LogP contribution in [0.3, 0.4) is 0 Å². The van der Waals surface area contributed by atoms with E-state index in [0.717, 1.165) is 29.1 Å². The van der Waals surface area contributed by atoms with E-state index in [1.54, 1.807) is 30.5 Å². The van der Waals surface area contributed by atoms with Crippen LogP contribution in [0, 0.1) is 0 Å². The molecule has 4 nitrogen and oxygen atoms in total. The van der Waals surface area contributed by atoms with Gasteiger partial charge in [-0.05, 0) is 42.8 Å². The summed E-state index contributed by atoms with van der Waals surface area (Å²) in [7, 11) is -3.18. The van der Waals surface area contributed by atoms with Gasteiger partial charge in [-0.15, -0.1) is 0 Å². The highest BCUT2D eigenvalue weighted by Crippen LogP contribution is 2.23. The van der Waals surface area contributed by atoms with E-state index in [1.807, 2.05) is 30.3 Å². The number of pyridine rings is 1. The van der Waals surface area contributed by atoms with Gasteiger partial charge in [-0.25, -0.2) is 8.42 Å². The normalized spacial score (nSPS) is 12.9. The Morgan fingerprint density at radius 3 is 2.42 bits per heavy atom. The maximum absolute atomic E-state index is 11.5. The lowest BCUT2D eigenvalue weighted by Crippen LogP contribution is -2.00. The van der Waals surface area contributed by atoms with E-state index in [0.29, 0.717) is 4.90 Å². The van der Waals surface area contributed by atoms with E-state index in [2.05, 4.69) is 6.92 Å². The molecule has 124 valence electrons. The number of benzene rings is 1. The van der Waals surface area contributed by atoms with Crippen LogP contribution in [0.15, 0.2) is 70.2 Å². The zero-order chi connectivity index (χ0) is 17.2. The minimum absolute atomic E-state index is 0.246. The number of nitrogens with zero attached hydrogens (tertiary/aromatic N) is 1. The van der Waals surface area contributed by atoms with Crippen molar-refractivity contribution >= 4 is 9.84 Å². The van der Waals surface area contributed by atoms with Gasteiger partial charge in [-0.3, -0.25) is 4.98 Å². The highest BCUT2D eigenvalue weighted by atomic mass is 32.2. The second-order valence-electron chi connectivity index (χ2n) is 5.93. The molecule has 0 fully saturated rings. The maximum atomic E-state index is 11.5. The first-order chi connectivity index (χ1) is 11.4. The number of hydrogen-bond donors (Lipinski definition) is 0. The van der Waals surface area contributed by atoms with Crippen LogP contribution in [0.5, 0.6) is 0 Å². The van der Waals surface area contributed by atoms with Gasteiger partial charge in [0.2, 0.25) is 0 Å². The predicted octanol–water partition coefficient (Wildman–Crippen LogP) is 4.09. The van der Waals surface area contributed by atoms with Gasteiger partial charge < -0.3 is 4.42 Å². The Balaban J connectivity index is 1.82. The Bertz CT molecular complexity index is 914. The van der Waals surface area contributed by atoms with Crippen molar-refractivity contribution in [3.63, 3.8) is 0 Å². The van der Waals surface area contributed by atoms with Gasteiger partial charge in [0.1, 0.15) is 5.76 Å². The zero-order valence-electron chi connectivity index (χ0n) is 13.6. The van der Waals surface area contributed by atoms with Crippen molar-refractivity contribution < 1.29 is 12.8 Å². The number of rotatable bonds is 5. The van der Waals surface area contributed by atoms with E-state index < -0.39 is 9.84 Å². The summed E-state index contributed by atoms with van der Waals surface area (Å²) >= 11 is 0. The lowest BCUT2D eigenvalue weighted by Gasteiger charge is -2.09. The molecule has 5 heteroatoms. The molecule has 3 aromatic rings. The molecule has 24 heavy (non-hydrogen) atoms. The third kappa shape index (κ3) is 3.74. The summed E-state index contributed by atoms with van der Waals surface area (Å²) in [6.07, 6.45) is 3.67. The molecule has 1 atom stereocenters. The van der Waals surface area contributed by atoms with Crippen LogP contribution in [0.25, 0.3) is 11.3 Å². The summed E-state index contributed by atoms with van der Waals surface area (Å²) in [6, 6.07) is 16.6. The lowest BCUT2D eigenvalue weighted by atomic mass is 10.0. The summed E-state index contributed by atoms with van der Waals surface area (Å²) < 4.78 is 28.5. The van der Waals surface area contributed by atoms with Crippen LogP contribution in [0.1, 0.15) is 24.3 Å². The van der Waals surface area contributed by atoms with Crippen LogP contribution in [-0.2, 0) is 16.3 Å². The fourth-order valence-electron chi connectivity index (χ4n) is 2.61. The first-order valence-electron chi connectivity index (χ1n) is 7.73. The van der Waals surface area contributed by atoms with Crippen molar-refractivity contribution in [3.8, 4) is 11.3 Å². The fraction of sp³-hybridized carbons (Fsp3) is 0.211. The van der Waals surface area contributed by atoms with E-state index in [1.165, 1.54) is 6.26 Å². The molecule has 0 radical (unpaired) electrons. The molecule has 0 aliphatic heterocycles. The van der Waals surface area contributed by atoms with Gasteiger partial charge in [0, 0.05) is 23.4 Å². The summed E-state index contributed by atoms with van der Waals surface area (Å²) in [5.41, 5.74) is 2.71. The standard InChI is InChI=1S/C19H19NO3S/c1-14(19-7-4-12-23-19)13-16-5-3-6-18(20-16)15-8-10-17(11-9-15)24(2,21)22/h3-12,14H,13H2,1-2H3/t14-/m0/s1. The first-order valence-corrected chi connectivity index (χ1v) is 9.62. The molecule has 0 unspecified atom stereocenters. The molecule has 1 aromatic carbocycles. The van der Waals surface area contributed by atoms with E-state index in [-0.39, 0.29) is 5.92 Å². The fourth-order valence-corrected chi connectivity index (χ4v) is 3.24. The van der Waals surface area contributed by atoms with Gasteiger partial charge in [0.25, 0.3) is 0 Å². The van der Waals surface area contributed by atoms with Gasteiger partial charge in [-0.1, -0.05) is 25.1 Å². The van der Waals surface area contributed by atoms with Crippen molar-refractivity contribution in [2.45, 2.75) is 24.2 Å². The van der Waals surface area contributed by atoms with Gasteiger partial charge >= 0.3 is 0 Å². The molecule has 3 rings (SSSR count). The SMILES string of the molecule is C[C@@H](Cc1cccc(-c2ccc(S(C)(=O)=O)cc2)n1)c1ccco1. The summed E-state index contributed by atoms with van der Waals surface area (Å²) in [6.45, 7) is 2.11. The molecule has 0 bridgehead atoms. The number of hydrogen-bond acceptors (Lipinski definition) is 4. The van der Waals surface area contributed by atoms with Crippen molar-refractivity contribution in [3.05, 3.63) is 72.3 Å². The average molecular weight is 341 g/mol. The number of furan rings is 1. The number of aromatic nitrogens is 1. The smallest absolute Gasteiger partial charge is 0.175 e. The largest absolute Gasteiger partial charge is 0.469 e. The van der Waals surface area contributed by atoms with Crippen molar-refractivity contribution in [1.29, 1.82) is 0 Å². The first kappa shape index (κ1) is 16.5. The molecule has 0 aliphatic rings. The average Bonchev–Trinajstić information content (AvgIpc) is 3.09. The monoisotopic (exact) mass is 341 g/mol. The van der Waals surface area contributed by atoms with Gasteiger partial charge in [0.15, 0.2) is 9.84 Å². The minimum atomic E-state index is -3.18. The Hall–Kier alpha value is -2.40. The highest BCUT2D eigenvalue weighted by Gasteiger charge is 2.11. The molecule has 0 saturated heterocycles. The van der Waals surface area contributed by atoms with E-state index in [9.17, 15) is 8.42 Å². The van der Waals surface area contributed by atoms with Gasteiger partial charge in [-0.2, -0.15) is 0 Å². The summed E-state index contributed by atoms with van der Waals surface area (Å²) in [4.78, 5) is 5.01. The molecular weight excluding hydrogens is 322 g/mol. The summed E-state index contributed by atoms with van der Waals surface area (Å²) in [5.74, 6) is 1.19. The molecule has 0 aliphatic carbocycles. The van der Waals surface area contributed by atoms with Crippen molar-refractivity contribution in [2.24, 2.45) is 0 Å². The molecule has 0 amide bonds. The second kappa shape index (κ2) is 6.61. The van der Waals surface area contributed by atoms with Crippen LogP contribution >= 0.6 is 0 Å². The molecule has 0 saturated carbocycles. The maximum Gasteiger partial charge on any atom is 0.175 e. The van der Waals surface area contributed by atoms with Crippen LogP contribution < -0.4 is 0 Å². The second-order valence-corrected chi connectivity index (χ2v) is 7.95. The predicted molar refractivity (Wildman–Crippen MR) is 93.6 cm³/mol. The van der Waals surface area contributed by atoms with Gasteiger partial charge in [0.05, 0.1) is 16.9 Å². The topological polar surface area (TPSA) is 60.2 Å². The Labute approximate surface area is 142 Å². The molecule has 0 spiro atoms. The summed E-state index contributed by atoms with van der Waals surface area (Å²) in [5, 5.41) is 0. The van der Waals surface area contributed by atoms with Crippen LogP contribution in [-0.4, -0.2) is 19.7 Å². The van der Waals surface area contributed by atoms with Crippen LogP contribution in [0.2, 0.25) is 0 Å². The minimum Gasteiger partial charge on any atom is -0.469 e. The van der Waals surface area contributed by atoms with E-state index >= 15 is 0 Å². The Morgan fingerprint density at radius 1 is 1.04 bits per heavy atom. The Morgan fingerprint density at radius 2 is 1.79 bits per heavy atom. The zero-order valence-corrected chi connectivity index (χ0v) is 14.5. The van der Waals surface area contributed by atoms with Crippen LogP contribution in [0.4, 0.5) is 0 Å². The molecule has 0 N–H and O–H groups in total. The quantitative estimate of drug-likeness (QED) is 0.701. The highest BCUT2D eigenvalue weighted by molar-refractivity contribution is 7.90. The lowest BCUT2D eigenvalue weighted by molar-refractivity contribution is 0.471. The number of sulfone groups is 1. The molecule has 2 heterocycles. The van der Waals surface area contributed by atoms with Crippen molar-refractivity contribution in [2.75, 3.05) is 6.26 Å². The van der Waals surface area contributed by atoms with Crippen molar-refractivity contribution in [1.82, 2.24) is 4.98 Å². The Kier molecular flexibility index (Phi) is 4.53. The molecular formula is C19H19NO3S. The third-order valence-corrected chi connectivity index (χ3v) is 5.06.